The topological polar surface area (TPSA) is 55.8 Å². The Kier molecular flexibility index (Phi) is 4.04. The number of β-amino-alcohol motifs (C(OH)–C–C–N with tert-alkyl or cyclic N) is 1. The molecule has 2 atom stereocenters. The molecule has 2 N–H and O–H groups in total. The van der Waals surface area contributed by atoms with Gasteiger partial charge in [0, 0.05) is 37.8 Å². The predicted octanol–water partition coefficient (Wildman–Crippen LogP) is -0.570. The summed E-state index contributed by atoms with van der Waals surface area (Å²) in [5, 5.41) is 12.9. The lowest BCUT2D eigenvalue weighted by molar-refractivity contribution is -0.128. The first-order chi connectivity index (χ1) is 8.49. The molecule has 2 aliphatic heterocycles. The molecule has 2 heterocycles. The molecule has 5 heteroatoms. The Morgan fingerprint density at radius 1 is 1.50 bits per heavy atom. The molecule has 5 nitrogen and oxygen atoms in total. The van der Waals surface area contributed by atoms with Crippen LogP contribution in [0.4, 0.5) is 0 Å². The first-order valence-electron chi connectivity index (χ1n) is 6.52. The van der Waals surface area contributed by atoms with Gasteiger partial charge in [-0.2, -0.15) is 0 Å². The molecule has 102 valence electrons. The van der Waals surface area contributed by atoms with Gasteiger partial charge in [0.1, 0.15) is 0 Å². The van der Waals surface area contributed by atoms with E-state index in [-0.39, 0.29) is 18.1 Å². The quantitative estimate of drug-likeness (QED) is 0.661. The molecule has 0 aromatic rings. The zero-order valence-electron chi connectivity index (χ0n) is 11.4. The van der Waals surface area contributed by atoms with E-state index in [4.69, 9.17) is 0 Å². The Labute approximate surface area is 108 Å². The SMILES string of the molecule is CC(C(=O)N1CC(O)CC1CN(C)C)=C1CNC1. The molecule has 0 aromatic carbocycles. The van der Waals surface area contributed by atoms with E-state index < -0.39 is 0 Å². The number of hydrogen-bond acceptors (Lipinski definition) is 4. The third-order valence-electron chi connectivity index (χ3n) is 3.76. The van der Waals surface area contributed by atoms with E-state index in [1.807, 2.05) is 25.9 Å². The van der Waals surface area contributed by atoms with Crippen molar-refractivity contribution in [3.05, 3.63) is 11.1 Å². The molecule has 2 unspecified atom stereocenters. The highest BCUT2D eigenvalue weighted by Gasteiger charge is 2.35. The molecule has 0 saturated carbocycles. The van der Waals surface area contributed by atoms with E-state index in [1.54, 1.807) is 0 Å². The highest BCUT2D eigenvalue weighted by molar-refractivity contribution is 5.94. The zero-order valence-corrected chi connectivity index (χ0v) is 11.4. The largest absolute Gasteiger partial charge is 0.391 e. The molecule has 0 aliphatic carbocycles. The van der Waals surface area contributed by atoms with Gasteiger partial charge in [-0.15, -0.1) is 0 Å². The van der Waals surface area contributed by atoms with Crippen molar-refractivity contribution in [3.8, 4) is 0 Å². The van der Waals surface area contributed by atoms with Crippen LogP contribution in [-0.4, -0.2) is 73.2 Å². The number of carbonyl (C=O) groups excluding carboxylic acids is 1. The third kappa shape index (κ3) is 2.74. The number of likely N-dealkylation sites (tertiary alicyclic amines) is 1. The summed E-state index contributed by atoms with van der Waals surface area (Å²) in [6.07, 6.45) is 0.307. The van der Waals surface area contributed by atoms with Crippen molar-refractivity contribution in [2.24, 2.45) is 0 Å². The molecular formula is C13H23N3O2. The van der Waals surface area contributed by atoms with Crippen molar-refractivity contribution in [2.45, 2.75) is 25.5 Å². The Hall–Kier alpha value is -0.910. The minimum absolute atomic E-state index is 0.0925. The summed E-state index contributed by atoms with van der Waals surface area (Å²) in [5.41, 5.74) is 2.05. The van der Waals surface area contributed by atoms with Crippen LogP contribution < -0.4 is 5.32 Å². The van der Waals surface area contributed by atoms with Gasteiger partial charge >= 0.3 is 0 Å². The molecule has 18 heavy (non-hydrogen) atoms. The predicted molar refractivity (Wildman–Crippen MR) is 70.2 cm³/mol. The van der Waals surface area contributed by atoms with E-state index in [9.17, 15) is 9.90 Å². The lowest BCUT2D eigenvalue weighted by Gasteiger charge is -2.29. The van der Waals surface area contributed by atoms with Gasteiger partial charge in [0.15, 0.2) is 0 Å². The lowest BCUT2D eigenvalue weighted by atomic mass is 10.0. The monoisotopic (exact) mass is 253 g/mol. The number of rotatable bonds is 3. The second-order valence-electron chi connectivity index (χ2n) is 5.60. The van der Waals surface area contributed by atoms with Crippen molar-refractivity contribution in [1.29, 1.82) is 0 Å². The average molecular weight is 253 g/mol. The summed E-state index contributed by atoms with van der Waals surface area (Å²) in [6.45, 7) is 4.83. The molecule has 2 rings (SSSR count). The van der Waals surface area contributed by atoms with Crippen LogP contribution in [0.15, 0.2) is 11.1 Å². The normalized spacial score (nSPS) is 27.6. The van der Waals surface area contributed by atoms with Crippen molar-refractivity contribution >= 4 is 5.91 Å². The molecule has 1 amide bonds. The molecule has 2 aliphatic rings. The molecule has 2 fully saturated rings. The fourth-order valence-corrected chi connectivity index (χ4v) is 2.62. The van der Waals surface area contributed by atoms with Gasteiger partial charge in [0.2, 0.25) is 5.91 Å². The number of amides is 1. The van der Waals surface area contributed by atoms with E-state index in [0.29, 0.717) is 13.0 Å². The number of nitrogens with zero attached hydrogens (tertiary/aromatic N) is 2. The Morgan fingerprint density at radius 2 is 2.17 bits per heavy atom. The molecule has 2 saturated heterocycles. The molecule has 0 spiro atoms. The van der Waals surface area contributed by atoms with Crippen LogP contribution in [0.3, 0.4) is 0 Å². The molecule has 0 aromatic heterocycles. The maximum Gasteiger partial charge on any atom is 0.249 e. The van der Waals surface area contributed by atoms with Crippen LogP contribution in [0.5, 0.6) is 0 Å². The van der Waals surface area contributed by atoms with Crippen molar-refractivity contribution < 1.29 is 9.90 Å². The number of aliphatic hydroxyl groups excluding tert-OH is 1. The summed E-state index contributed by atoms with van der Waals surface area (Å²) in [4.78, 5) is 16.3. The minimum Gasteiger partial charge on any atom is -0.391 e. The van der Waals surface area contributed by atoms with Gasteiger partial charge in [-0.25, -0.2) is 0 Å². The Balaban J connectivity index is 2.07. The number of aliphatic hydroxyl groups is 1. The van der Waals surface area contributed by atoms with Crippen LogP contribution in [0.1, 0.15) is 13.3 Å². The summed E-state index contributed by atoms with van der Waals surface area (Å²) >= 11 is 0. The van der Waals surface area contributed by atoms with Crippen LogP contribution in [0, 0.1) is 0 Å². The number of nitrogens with one attached hydrogen (secondary N) is 1. The van der Waals surface area contributed by atoms with Gasteiger partial charge in [-0.3, -0.25) is 4.79 Å². The summed E-state index contributed by atoms with van der Waals surface area (Å²) in [5.74, 6) is 0.0925. The van der Waals surface area contributed by atoms with Crippen molar-refractivity contribution in [2.75, 3.05) is 40.3 Å². The fourth-order valence-electron chi connectivity index (χ4n) is 2.62. The fraction of sp³-hybridized carbons (Fsp3) is 0.769. The van der Waals surface area contributed by atoms with E-state index in [1.165, 1.54) is 5.57 Å². The number of likely N-dealkylation sites (N-methyl/N-ethyl adjacent to an activating group) is 1. The van der Waals surface area contributed by atoms with Crippen LogP contribution in [0.2, 0.25) is 0 Å². The Morgan fingerprint density at radius 3 is 2.67 bits per heavy atom. The highest BCUT2D eigenvalue weighted by atomic mass is 16.3. The van der Waals surface area contributed by atoms with Gasteiger partial charge in [-0.1, -0.05) is 0 Å². The molecule has 0 radical (unpaired) electrons. The maximum absolute atomic E-state index is 12.4. The van der Waals surface area contributed by atoms with Crippen LogP contribution >= 0.6 is 0 Å². The average Bonchev–Trinajstić information content (AvgIpc) is 2.54. The maximum atomic E-state index is 12.4. The minimum atomic E-state index is -0.379. The van der Waals surface area contributed by atoms with Crippen molar-refractivity contribution in [1.82, 2.24) is 15.1 Å². The van der Waals surface area contributed by atoms with E-state index in [0.717, 1.165) is 25.2 Å². The highest BCUT2D eigenvalue weighted by Crippen LogP contribution is 2.22. The zero-order chi connectivity index (χ0) is 13.3. The number of carbonyl (C=O) groups is 1. The second kappa shape index (κ2) is 5.38. The van der Waals surface area contributed by atoms with Crippen LogP contribution in [-0.2, 0) is 4.79 Å². The third-order valence-corrected chi connectivity index (χ3v) is 3.76. The Bertz CT molecular complexity index is 359. The van der Waals surface area contributed by atoms with E-state index in [2.05, 4.69) is 10.2 Å². The van der Waals surface area contributed by atoms with Gasteiger partial charge < -0.3 is 20.2 Å². The lowest BCUT2D eigenvalue weighted by Crippen LogP contribution is -2.44. The van der Waals surface area contributed by atoms with E-state index >= 15 is 0 Å². The summed E-state index contributed by atoms with van der Waals surface area (Å²) in [6, 6.07) is 0.131. The van der Waals surface area contributed by atoms with Crippen LogP contribution in [0.25, 0.3) is 0 Å². The summed E-state index contributed by atoms with van der Waals surface area (Å²) in [7, 11) is 3.99. The summed E-state index contributed by atoms with van der Waals surface area (Å²) < 4.78 is 0. The first-order valence-corrected chi connectivity index (χ1v) is 6.52. The van der Waals surface area contributed by atoms with Gasteiger partial charge in [-0.05, 0) is 33.0 Å². The van der Waals surface area contributed by atoms with Gasteiger partial charge in [0.25, 0.3) is 0 Å². The second-order valence-corrected chi connectivity index (χ2v) is 5.60. The molecular weight excluding hydrogens is 230 g/mol. The number of hydrogen-bond donors (Lipinski definition) is 2. The smallest absolute Gasteiger partial charge is 0.249 e. The molecule has 0 bridgehead atoms. The van der Waals surface area contributed by atoms with Crippen molar-refractivity contribution in [3.63, 3.8) is 0 Å². The first kappa shape index (κ1) is 13.5. The standard InChI is InChI=1S/C13H23N3O2/c1-9(10-5-14-6-10)13(18)16-8-12(17)4-11(16)7-15(2)3/h11-12,14,17H,4-8H2,1-3H3. The van der Waals surface area contributed by atoms with Gasteiger partial charge in [0.05, 0.1) is 6.10 Å².